The van der Waals surface area contributed by atoms with E-state index in [1.807, 2.05) is 0 Å². The molecule has 140 valence electrons. The molecule has 0 aromatic heterocycles. The molecule has 0 aliphatic rings. The standard InChI is InChI=1S/C15H30N4O5/c1-8(2)11(17)13(21)19-12(9(3)20)14(22)18-10(15(23)24)6-4-5-7-16/h8-12,20H,4-7,16-17H2,1-3H3,(H,18,22)(H,19,21)(H,23,24)/t9-,10+,11+,12+/m1/s1. The number of carboxylic acid groups (broad SMARTS) is 1. The molecule has 0 bridgehead atoms. The van der Waals surface area contributed by atoms with Gasteiger partial charge in [0.2, 0.25) is 11.8 Å². The molecule has 0 heterocycles. The second kappa shape index (κ2) is 11.0. The van der Waals surface area contributed by atoms with Crippen LogP contribution in [-0.2, 0) is 14.4 Å². The fraction of sp³-hybridized carbons (Fsp3) is 0.800. The lowest BCUT2D eigenvalue weighted by Crippen LogP contribution is -2.58. The molecule has 0 aromatic carbocycles. The lowest BCUT2D eigenvalue weighted by molar-refractivity contribution is -0.143. The Morgan fingerprint density at radius 2 is 1.62 bits per heavy atom. The van der Waals surface area contributed by atoms with Gasteiger partial charge in [-0.1, -0.05) is 13.8 Å². The number of nitrogens with one attached hydrogen (secondary N) is 2. The Hall–Kier alpha value is -1.71. The van der Waals surface area contributed by atoms with E-state index in [4.69, 9.17) is 16.6 Å². The lowest BCUT2D eigenvalue weighted by Gasteiger charge is -2.25. The van der Waals surface area contributed by atoms with Gasteiger partial charge in [0, 0.05) is 0 Å². The highest BCUT2D eigenvalue weighted by Crippen LogP contribution is 2.04. The number of hydrogen-bond donors (Lipinski definition) is 6. The van der Waals surface area contributed by atoms with E-state index >= 15 is 0 Å². The summed E-state index contributed by atoms with van der Waals surface area (Å²) >= 11 is 0. The highest BCUT2D eigenvalue weighted by molar-refractivity contribution is 5.92. The second-order valence-corrected chi connectivity index (χ2v) is 6.18. The van der Waals surface area contributed by atoms with Crippen LogP contribution in [0.25, 0.3) is 0 Å². The molecule has 0 fully saturated rings. The molecular weight excluding hydrogens is 316 g/mol. The molecule has 0 aliphatic carbocycles. The third kappa shape index (κ3) is 7.71. The third-order valence-electron chi connectivity index (χ3n) is 3.65. The number of amides is 2. The van der Waals surface area contributed by atoms with Crippen molar-refractivity contribution in [2.24, 2.45) is 17.4 Å². The van der Waals surface area contributed by atoms with E-state index in [0.717, 1.165) is 0 Å². The van der Waals surface area contributed by atoms with Crippen LogP contribution in [0, 0.1) is 5.92 Å². The van der Waals surface area contributed by atoms with Crippen molar-refractivity contribution in [3.05, 3.63) is 0 Å². The van der Waals surface area contributed by atoms with E-state index in [0.29, 0.717) is 19.4 Å². The van der Waals surface area contributed by atoms with Crippen LogP contribution in [0.4, 0.5) is 0 Å². The van der Waals surface area contributed by atoms with Gasteiger partial charge < -0.3 is 32.3 Å². The van der Waals surface area contributed by atoms with Gasteiger partial charge >= 0.3 is 5.97 Å². The molecule has 24 heavy (non-hydrogen) atoms. The molecule has 0 saturated heterocycles. The second-order valence-electron chi connectivity index (χ2n) is 6.18. The van der Waals surface area contributed by atoms with Crippen molar-refractivity contribution in [2.75, 3.05) is 6.54 Å². The SMILES string of the molecule is CC(C)[C@H](N)C(=O)N[C@H](C(=O)N[C@@H](CCCCN)C(=O)O)[C@@H](C)O. The van der Waals surface area contributed by atoms with Gasteiger partial charge in [-0.05, 0) is 38.6 Å². The quantitative estimate of drug-likeness (QED) is 0.248. The minimum Gasteiger partial charge on any atom is -0.480 e. The average Bonchev–Trinajstić information content (AvgIpc) is 2.49. The van der Waals surface area contributed by atoms with Crippen molar-refractivity contribution in [1.29, 1.82) is 0 Å². The third-order valence-corrected chi connectivity index (χ3v) is 3.65. The summed E-state index contributed by atoms with van der Waals surface area (Å²) in [6, 6.07) is -3.22. The van der Waals surface area contributed by atoms with Gasteiger partial charge in [0.1, 0.15) is 12.1 Å². The van der Waals surface area contributed by atoms with Crippen LogP contribution in [0.15, 0.2) is 0 Å². The lowest BCUT2D eigenvalue weighted by atomic mass is 10.0. The van der Waals surface area contributed by atoms with E-state index in [2.05, 4.69) is 10.6 Å². The number of aliphatic hydroxyl groups is 1. The van der Waals surface area contributed by atoms with Gasteiger partial charge in [0.05, 0.1) is 12.1 Å². The predicted octanol–water partition coefficient (Wildman–Crippen LogP) is -1.47. The molecule has 0 saturated carbocycles. The maximum Gasteiger partial charge on any atom is 0.326 e. The van der Waals surface area contributed by atoms with Crippen LogP contribution in [0.5, 0.6) is 0 Å². The zero-order valence-electron chi connectivity index (χ0n) is 14.5. The monoisotopic (exact) mass is 346 g/mol. The molecule has 2 amide bonds. The highest BCUT2D eigenvalue weighted by Gasteiger charge is 2.31. The molecule has 9 heteroatoms. The van der Waals surface area contributed by atoms with Gasteiger partial charge in [0.25, 0.3) is 0 Å². The van der Waals surface area contributed by atoms with Crippen LogP contribution in [0.3, 0.4) is 0 Å². The van der Waals surface area contributed by atoms with Crippen molar-refractivity contribution in [2.45, 2.75) is 64.3 Å². The van der Waals surface area contributed by atoms with Crippen LogP contribution >= 0.6 is 0 Å². The Labute approximate surface area is 142 Å². The number of carboxylic acids is 1. The molecule has 0 aromatic rings. The summed E-state index contributed by atoms with van der Waals surface area (Å²) in [5, 5.41) is 23.6. The van der Waals surface area contributed by atoms with Crippen molar-refractivity contribution >= 4 is 17.8 Å². The Morgan fingerprint density at radius 1 is 1.04 bits per heavy atom. The Bertz CT molecular complexity index is 428. The zero-order valence-corrected chi connectivity index (χ0v) is 14.5. The number of unbranched alkanes of at least 4 members (excludes halogenated alkanes) is 1. The van der Waals surface area contributed by atoms with Gasteiger partial charge in [0.15, 0.2) is 0 Å². The number of rotatable bonds is 11. The van der Waals surface area contributed by atoms with E-state index < -0.39 is 42.0 Å². The predicted molar refractivity (Wildman–Crippen MR) is 88.9 cm³/mol. The smallest absolute Gasteiger partial charge is 0.326 e. The minimum absolute atomic E-state index is 0.147. The molecule has 9 nitrogen and oxygen atoms in total. The summed E-state index contributed by atoms with van der Waals surface area (Å²) < 4.78 is 0. The summed E-state index contributed by atoms with van der Waals surface area (Å²) in [7, 11) is 0. The number of carbonyl (C=O) groups excluding carboxylic acids is 2. The highest BCUT2D eigenvalue weighted by atomic mass is 16.4. The fourth-order valence-electron chi connectivity index (χ4n) is 1.97. The summed E-state index contributed by atoms with van der Waals surface area (Å²) in [5.41, 5.74) is 11.1. The summed E-state index contributed by atoms with van der Waals surface area (Å²) in [6.45, 7) is 5.26. The van der Waals surface area contributed by atoms with Gasteiger partial charge in [-0.3, -0.25) is 9.59 Å². The van der Waals surface area contributed by atoms with Crippen molar-refractivity contribution in [3.8, 4) is 0 Å². The maximum atomic E-state index is 12.2. The Morgan fingerprint density at radius 3 is 2.04 bits per heavy atom. The number of aliphatic carboxylic acids is 1. The van der Waals surface area contributed by atoms with Crippen LogP contribution in [-0.4, -0.2) is 58.8 Å². The van der Waals surface area contributed by atoms with E-state index in [1.54, 1.807) is 13.8 Å². The van der Waals surface area contributed by atoms with Gasteiger partial charge in [-0.15, -0.1) is 0 Å². The van der Waals surface area contributed by atoms with Crippen molar-refractivity contribution < 1.29 is 24.6 Å². The zero-order chi connectivity index (χ0) is 18.9. The first kappa shape index (κ1) is 22.3. The minimum atomic E-state index is -1.28. The van der Waals surface area contributed by atoms with Crippen molar-refractivity contribution in [3.63, 3.8) is 0 Å². The first-order valence-corrected chi connectivity index (χ1v) is 8.09. The van der Waals surface area contributed by atoms with Gasteiger partial charge in [-0.25, -0.2) is 4.79 Å². The number of aliphatic hydroxyl groups excluding tert-OH is 1. The molecule has 0 rings (SSSR count). The first-order valence-electron chi connectivity index (χ1n) is 8.09. The summed E-state index contributed by atoms with van der Waals surface area (Å²) in [4.78, 5) is 35.4. The normalized spacial score (nSPS) is 16.1. The molecule has 0 radical (unpaired) electrons. The Balaban J connectivity index is 4.88. The van der Waals surface area contributed by atoms with Gasteiger partial charge in [-0.2, -0.15) is 0 Å². The number of nitrogens with two attached hydrogens (primary N) is 2. The molecule has 0 spiro atoms. The molecule has 8 N–H and O–H groups in total. The van der Waals surface area contributed by atoms with Crippen molar-refractivity contribution in [1.82, 2.24) is 10.6 Å². The van der Waals surface area contributed by atoms with Crippen LogP contribution < -0.4 is 22.1 Å². The number of hydrogen-bond acceptors (Lipinski definition) is 6. The maximum absolute atomic E-state index is 12.2. The molecule has 0 unspecified atom stereocenters. The topological polar surface area (TPSA) is 168 Å². The van der Waals surface area contributed by atoms with E-state index in [9.17, 15) is 19.5 Å². The number of carbonyl (C=O) groups is 3. The van der Waals surface area contributed by atoms with E-state index in [-0.39, 0.29) is 12.3 Å². The average molecular weight is 346 g/mol. The Kier molecular flexibility index (Phi) is 10.2. The van der Waals surface area contributed by atoms with Crippen LogP contribution in [0.1, 0.15) is 40.0 Å². The first-order chi connectivity index (χ1) is 11.1. The summed E-state index contributed by atoms with van der Waals surface area (Å²) in [6.07, 6.45) is 0.188. The largest absolute Gasteiger partial charge is 0.480 e. The summed E-state index contributed by atoms with van der Waals surface area (Å²) in [5.74, 6) is -2.68. The fourth-order valence-corrected chi connectivity index (χ4v) is 1.97. The molecule has 4 atom stereocenters. The molecular formula is C15H30N4O5. The van der Waals surface area contributed by atoms with Crippen LogP contribution in [0.2, 0.25) is 0 Å². The van der Waals surface area contributed by atoms with E-state index in [1.165, 1.54) is 6.92 Å². The molecule has 0 aliphatic heterocycles.